The summed E-state index contributed by atoms with van der Waals surface area (Å²) in [6, 6.07) is 0.0203. The quantitative estimate of drug-likeness (QED) is 0.165. The molecule has 0 aliphatic heterocycles. The van der Waals surface area contributed by atoms with Crippen molar-refractivity contribution < 1.29 is 77.7 Å². The van der Waals surface area contributed by atoms with Crippen LogP contribution in [0.1, 0.15) is 10.4 Å². The molecule has 0 bridgehead atoms. The summed E-state index contributed by atoms with van der Waals surface area (Å²) in [5.41, 5.74) is -6.73. The molecule has 3 rings (SSSR count). The van der Waals surface area contributed by atoms with Crippen LogP contribution in [0.3, 0.4) is 0 Å². The number of ketones is 1. The molecule has 1 aromatic heterocycles. The minimum atomic E-state index is -5.81. The van der Waals surface area contributed by atoms with E-state index in [9.17, 15) is 58.2 Å². The third-order valence-corrected chi connectivity index (χ3v) is 4.00. The van der Waals surface area contributed by atoms with Crippen molar-refractivity contribution in [2.45, 2.75) is 6.18 Å². The van der Waals surface area contributed by atoms with Crippen LogP contribution in [-0.2, 0) is 19.5 Å². The van der Waals surface area contributed by atoms with Gasteiger partial charge in [0.25, 0.3) is 5.78 Å². The molecule has 3 aromatic rings. The molecule has 172 valence electrons. The number of alkyl halides is 3. The van der Waals surface area contributed by atoms with Crippen molar-refractivity contribution in [3.63, 3.8) is 0 Å². The number of nitrogens with zero attached hydrogens (tertiary/aromatic N) is 2. The number of Topliss-reactive ketones (excluding diaryl/α,β-unsaturated/α-hetero) is 1. The number of aromatic nitrogens is 2. The molecule has 0 aliphatic rings. The molecule has 33 heavy (non-hydrogen) atoms. The fourth-order valence-electron chi connectivity index (χ4n) is 2.59. The average molecular weight is 542 g/mol. The van der Waals surface area contributed by atoms with Crippen LogP contribution in [0.25, 0.3) is 16.9 Å². The summed E-state index contributed by atoms with van der Waals surface area (Å²) >= 11 is 0. The van der Waals surface area contributed by atoms with Gasteiger partial charge < -0.3 is 5.11 Å². The molecule has 1 heterocycles. The Balaban J connectivity index is 0.00000385. The van der Waals surface area contributed by atoms with E-state index in [4.69, 9.17) is 0 Å². The second-order valence-electron chi connectivity index (χ2n) is 5.96. The molecule has 4 nitrogen and oxygen atoms in total. The third-order valence-electron chi connectivity index (χ3n) is 4.00. The van der Waals surface area contributed by atoms with Gasteiger partial charge in [0.05, 0.1) is 0 Å². The molecule has 0 aliphatic carbocycles. The number of hydrogen-bond donors (Lipinski definition) is 1. The first-order valence-electron chi connectivity index (χ1n) is 7.78. The van der Waals surface area contributed by atoms with Crippen molar-refractivity contribution in [2.75, 3.05) is 0 Å². The van der Waals surface area contributed by atoms with E-state index in [2.05, 4.69) is 5.10 Å². The summed E-state index contributed by atoms with van der Waals surface area (Å²) in [5.74, 6) is -24.3. The van der Waals surface area contributed by atoms with Crippen LogP contribution in [0.2, 0.25) is 0 Å². The summed E-state index contributed by atoms with van der Waals surface area (Å²) in [7, 11) is 0. The standard InChI is InChI=1S/C17H3F11N2O2.Zn/c18-4-1-3(2-5(19)7(4)20)13-6(15(31)17(26,27)28)16(32)30(29-13)14-11(24)9(22)8(21)10(23)12(14)25;/h1-2,32H;. The second kappa shape index (κ2) is 8.73. The molecule has 16 heteroatoms. The third kappa shape index (κ3) is 4.18. The van der Waals surface area contributed by atoms with Crippen molar-refractivity contribution in [3.8, 4) is 22.8 Å². The fraction of sp³-hybridized carbons (Fsp3) is 0.0588. The van der Waals surface area contributed by atoms with Crippen molar-refractivity contribution in [1.82, 2.24) is 9.78 Å². The smallest absolute Gasteiger partial charge is 0.455 e. The van der Waals surface area contributed by atoms with Crippen LogP contribution in [0.4, 0.5) is 48.3 Å². The summed E-state index contributed by atoms with van der Waals surface area (Å²) in [6.07, 6.45) is -5.81. The summed E-state index contributed by atoms with van der Waals surface area (Å²) in [4.78, 5) is 11.7. The molecule has 0 atom stereocenters. The van der Waals surface area contributed by atoms with Crippen LogP contribution in [-0.4, -0.2) is 26.8 Å². The SMILES string of the molecule is O=C(c1c(-c2cc(F)c(F)c(F)c2)nn(-c2c(F)c(F)c(F)c(F)c2F)c1O)C(F)(F)F.[Zn]. The Hall–Kier alpha value is -3.03. The maximum absolute atomic E-state index is 14.1. The van der Waals surface area contributed by atoms with Gasteiger partial charge in [0.2, 0.25) is 11.7 Å². The number of halogens is 11. The van der Waals surface area contributed by atoms with Crippen LogP contribution in [0.5, 0.6) is 5.88 Å². The van der Waals surface area contributed by atoms with E-state index in [0.29, 0.717) is 0 Å². The van der Waals surface area contributed by atoms with Gasteiger partial charge in [0.1, 0.15) is 16.9 Å². The first-order chi connectivity index (χ1) is 14.7. The Morgan fingerprint density at radius 2 is 1.21 bits per heavy atom. The van der Waals surface area contributed by atoms with Crippen LogP contribution in [0, 0.1) is 46.5 Å². The number of benzene rings is 2. The van der Waals surface area contributed by atoms with Gasteiger partial charge >= 0.3 is 6.18 Å². The monoisotopic (exact) mass is 540 g/mol. The van der Waals surface area contributed by atoms with Gasteiger partial charge in [0.15, 0.2) is 40.7 Å². The van der Waals surface area contributed by atoms with Crippen molar-refractivity contribution in [3.05, 3.63) is 64.2 Å². The molecule has 1 N–H and O–H groups in total. The van der Waals surface area contributed by atoms with Gasteiger partial charge in [-0.25, -0.2) is 35.1 Å². The van der Waals surface area contributed by atoms with E-state index in [1.165, 1.54) is 0 Å². The molecule has 2 aromatic carbocycles. The predicted octanol–water partition coefficient (Wildman–Crippen LogP) is 5.10. The molecule has 0 unspecified atom stereocenters. The van der Waals surface area contributed by atoms with Crippen LogP contribution in [0.15, 0.2) is 12.1 Å². The first kappa shape index (κ1) is 26.2. The van der Waals surface area contributed by atoms with Gasteiger partial charge in [-0.1, -0.05) is 0 Å². The summed E-state index contributed by atoms with van der Waals surface area (Å²) in [5, 5.41) is 13.0. The van der Waals surface area contributed by atoms with Crippen molar-refractivity contribution in [1.29, 1.82) is 0 Å². The maximum atomic E-state index is 14.1. The number of aromatic hydroxyl groups is 1. The molecule has 0 fully saturated rings. The Bertz CT molecular complexity index is 1240. The van der Waals surface area contributed by atoms with E-state index in [0.717, 1.165) is 0 Å². The Kier molecular flexibility index (Phi) is 6.93. The van der Waals surface area contributed by atoms with E-state index >= 15 is 0 Å². The van der Waals surface area contributed by atoms with Gasteiger partial charge in [-0.05, 0) is 12.1 Å². The summed E-state index contributed by atoms with van der Waals surface area (Å²) < 4.78 is 147. The number of carbonyl (C=O) groups is 1. The van der Waals surface area contributed by atoms with Crippen LogP contribution < -0.4 is 0 Å². The summed E-state index contributed by atoms with van der Waals surface area (Å²) in [6.45, 7) is 0. The second-order valence-corrected chi connectivity index (χ2v) is 5.96. The van der Waals surface area contributed by atoms with E-state index in [1.807, 2.05) is 0 Å². The molecular formula is C17H3F11N2O2Zn. The van der Waals surface area contributed by atoms with Gasteiger partial charge in [-0.2, -0.15) is 23.0 Å². The predicted molar refractivity (Wildman–Crippen MR) is 80.7 cm³/mol. The minimum absolute atomic E-state index is 0. The molecule has 0 saturated heterocycles. The normalized spacial score (nSPS) is 11.5. The fourth-order valence-corrected chi connectivity index (χ4v) is 2.59. The molecule has 0 saturated carbocycles. The van der Waals surface area contributed by atoms with Crippen LogP contribution >= 0.6 is 0 Å². The largest absolute Gasteiger partial charge is 0.493 e. The number of carbonyl (C=O) groups excluding carboxylic acids is 1. The Labute approximate surface area is 187 Å². The number of rotatable bonds is 3. The first-order valence-corrected chi connectivity index (χ1v) is 7.78. The zero-order valence-electron chi connectivity index (χ0n) is 15.3. The molecule has 0 spiro atoms. The van der Waals surface area contributed by atoms with E-state index < -0.39 is 91.6 Å². The zero-order chi connectivity index (χ0) is 24.3. The van der Waals surface area contributed by atoms with Crippen molar-refractivity contribution in [2.24, 2.45) is 0 Å². The van der Waals surface area contributed by atoms with Crippen molar-refractivity contribution >= 4 is 5.78 Å². The van der Waals surface area contributed by atoms with E-state index in [1.54, 1.807) is 0 Å². The molecule has 0 radical (unpaired) electrons. The van der Waals surface area contributed by atoms with Gasteiger partial charge in [-0.15, -0.1) is 0 Å². The van der Waals surface area contributed by atoms with Gasteiger partial charge in [0, 0.05) is 25.0 Å². The average Bonchev–Trinajstić information content (AvgIpc) is 3.04. The Morgan fingerprint density at radius 3 is 1.64 bits per heavy atom. The topological polar surface area (TPSA) is 55.1 Å². The maximum Gasteiger partial charge on any atom is 0.455 e. The Morgan fingerprint density at radius 1 is 0.788 bits per heavy atom. The van der Waals surface area contributed by atoms with Gasteiger partial charge in [-0.3, -0.25) is 4.79 Å². The van der Waals surface area contributed by atoms with E-state index in [-0.39, 0.29) is 31.6 Å². The minimum Gasteiger partial charge on any atom is -0.493 e. The zero-order valence-corrected chi connectivity index (χ0v) is 18.2. The number of hydrogen-bond acceptors (Lipinski definition) is 3. The molecule has 0 amide bonds. The molecular weight excluding hydrogens is 539 g/mol.